The van der Waals surface area contributed by atoms with Crippen LogP contribution < -0.4 is 16.0 Å². The molecule has 1 aromatic carbocycles. The van der Waals surface area contributed by atoms with Gasteiger partial charge in [-0.25, -0.2) is 13.1 Å². The van der Waals surface area contributed by atoms with Gasteiger partial charge in [-0.3, -0.25) is 16.0 Å². The minimum absolute atomic E-state index is 0.0663. The number of hydrogen-bond acceptors (Lipinski definition) is 6. The summed E-state index contributed by atoms with van der Waals surface area (Å²) in [7, 11) is -3.76. The average molecular weight is 314 g/mol. The van der Waals surface area contributed by atoms with Crippen LogP contribution in [0.3, 0.4) is 0 Å². The number of hydrogen-bond donors (Lipinski definition) is 3. The average Bonchev–Trinajstić information content (AvgIpc) is 2.47. The zero-order valence-electron chi connectivity index (χ0n) is 11.4. The van der Waals surface area contributed by atoms with Gasteiger partial charge in [0.05, 0.1) is 9.82 Å². The van der Waals surface area contributed by atoms with E-state index in [-0.39, 0.29) is 22.3 Å². The predicted octanol–water partition coefficient (Wildman–Crippen LogP) is 1.49. The van der Waals surface area contributed by atoms with E-state index in [0.717, 1.165) is 38.2 Å². The number of sulfonamides is 1. The summed E-state index contributed by atoms with van der Waals surface area (Å²) in [4.78, 5) is 10.1. The van der Waals surface area contributed by atoms with Gasteiger partial charge in [0.25, 0.3) is 5.69 Å². The second-order valence-corrected chi connectivity index (χ2v) is 6.75. The van der Waals surface area contributed by atoms with Crippen LogP contribution >= 0.6 is 0 Å². The second-order valence-electron chi connectivity index (χ2n) is 5.04. The van der Waals surface area contributed by atoms with Gasteiger partial charge >= 0.3 is 0 Å². The molecule has 4 N–H and O–H groups in total. The molecule has 0 amide bonds. The molecule has 0 saturated heterocycles. The number of rotatable bonds is 5. The molecule has 9 heteroatoms. The van der Waals surface area contributed by atoms with Crippen LogP contribution in [0.25, 0.3) is 0 Å². The van der Waals surface area contributed by atoms with Gasteiger partial charge in [0, 0.05) is 12.1 Å². The summed E-state index contributed by atoms with van der Waals surface area (Å²) in [6, 6.07) is 3.50. The number of nitrogens with one attached hydrogen (secondary N) is 2. The number of nitro benzene ring substituents is 1. The van der Waals surface area contributed by atoms with E-state index in [4.69, 9.17) is 5.84 Å². The van der Waals surface area contributed by atoms with Crippen molar-refractivity contribution in [3.63, 3.8) is 0 Å². The number of anilines is 1. The highest BCUT2D eigenvalue weighted by Gasteiger charge is 2.24. The summed E-state index contributed by atoms with van der Waals surface area (Å²) < 4.78 is 27.2. The molecule has 0 aliphatic heterocycles. The van der Waals surface area contributed by atoms with E-state index in [2.05, 4.69) is 10.1 Å². The van der Waals surface area contributed by atoms with Crippen LogP contribution in [0.1, 0.15) is 32.1 Å². The maximum Gasteiger partial charge on any atom is 0.294 e. The third-order valence-corrected chi connectivity index (χ3v) is 5.08. The molecule has 2 rings (SSSR count). The number of nitrogens with two attached hydrogens (primary N) is 1. The van der Waals surface area contributed by atoms with E-state index >= 15 is 0 Å². The summed E-state index contributed by atoms with van der Waals surface area (Å²) in [5.41, 5.74) is 1.88. The molecular weight excluding hydrogens is 296 g/mol. The quantitative estimate of drug-likeness (QED) is 0.429. The minimum atomic E-state index is -3.76. The molecule has 1 aliphatic carbocycles. The fraction of sp³-hybridized carbons (Fsp3) is 0.500. The van der Waals surface area contributed by atoms with Gasteiger partial charge in [0.1, 0.15) is 5.69 Å². The van der Waals surface area contributed by atoms with E-state index in [9.17, 15) is 18.5 Å². The van der Waals surface area contributed by atoms with Gasteiger partial charge in [-0.05, 0) is 25.0 Å². The fourth-order valence-electron chi connectivity index (χ4n) is 2.46. The van der Waals surface area contributed by atoms with E-state index in [0.29, 0.717) is 0 Å². The van der Waals surface area contributed by atoms with Gasteiger partial charge < -0.3 is 5.43 Å². The summed E-state index contributed by atoms with van der Waals surface area (Å²) in [6.07, 6.45) is 4.68. The highest BCUT2D eigenvalue weighted by molar-refractivity contribution is 7.89. The third kappa shape index (κ3) is 3.69. The molecule has 1 aliphatic rings. The molecule has 116 valence electrons. The second kappa shape index (κ2) is 6.37. The van der Waals surface area contributed by atoms with E-state index in [1.807, 2.05) is 0 Å². The first-order chi connectivity index (χ1) is 9.94. The van der Waals surface area contributed by atoms with E-state index in [1.165, 1.54) is 12.1 Å². The lowest BCUT2D eigenvalue weighted by Crippen LogP contribution is -2.36. The lowest BCUT2D eigenvalue weighted by atomic mass is 9.96. The normalized spacial score (nSPS) is 16.6. The number of benzene rings is 1. The van der Waals surface area contributed by atoms with Crippen LogP contribution in [0, 0.1) is 10.1 Å². The molecule has 1 aromatic rings. The van der Waals surface area contributed by atoms with Crippen LogP contribution in [0.5, 0.6) is 0 Å². The Balaban J connectivity index is 2.27. The van der Waals surface area contributed by atoms with Gasteiger partial charge in [0.2, 0.25) is 10.0 Å². The summed E-state index contributed by atoms with van der Waals surface area (Å²) in [5.74, 6) is 5.18. The summed E-state index contributed by atoms with van der Waals surface area (Å²) in [5, 5.41) is 10.9. The Morgan fingerprint density at radius 1 is 1.24 bits per heavy atom. The lowest BCUT2D eigenvalue weighted by Gasteiger charge is -2.22. The third-order valence-electron chi connectivity index (χ3n) is 3.56. The zero-order valence-corrected chi connectivity index (χ0v) is 12.2. The molecule has 0 aromatic heterocycles. The molecule has 0 spiro atoms. The molecule has 1 saturated carbocycles. The van der Waals surface area contributed by atoms with Crippen molar-refractivity contribution in [2.24, 2.45) is 5.84 Å². The van der Waals surface area contributed by atoms with Gasteiger partial charge in [-0.2, -0.15) is 0 Å². The monoisotopic (exact) mass is 314 g/mol. The van der Waals surface area contributed by atoms with Crippen molar-refractivity contribution in [2.75, 3.05) is 5.43 Å². The number of nitrogens with zero attached hydrogens (tertiary/aromatic N) is 1. The topological polar surface area (TPSA) is 127 Å². The largest absolute Gasteiger partial charge is 0.318 e. The fourth-order valence-corrected chi connectivity index (χ4v) is 3.78. The Morgan fingerprint density at radius 2 is 1.90 bits per heavy atom. The summed E-state index contributed by atoms with van der Waals surface area (Å²) in [6.45, 7) is 0. The number of hydrazine groups is 1. The predicted molar refractivity (Wildman–Crippen MR) is 78.1 cm³/mol. The van der Waals surface area contributed by atoms with Crippen molar-refractivity contribution in [1.82, 2.24) is 4.72 Å². The Labute approximate surface area is 122 Å². The number of nitrogen functional groups attached to an aromatic ring is 1. The Hall–Kier alpha value is -1.71. The first-order valence-electron chi connectivity index (χ1n) is 6.71. The smallest absolute Gasteiger partial charge is 0.294 e. The van der Waals surface area contributed by atoms with Crippen molar-refractivity contribution < 1.29 is 13.3 Å². The minimum Gasteiger partial charge on any atom is -0.318 e. The molecule has 1 fully saturated rings. The van der Waals surface area contributed by atoms with Crippen LogP contribution in [0.4, 0.5) is 11.4 Å². The van der Waals surface area contributed by atoms with Crippen LogP contribution in [0.2, 0.25) is 0 Å². The van der Waals surface area contributed by atoms with E-state index in [1.54, 1.807) is 0 Å². The zero-order chi connectivity index (χ0) is 15.5. The molecule has 0 radical (unpaired) electrons. The van der Waals surface area contributed by atoms with Crippen LogP contribution in [-0.4, -0.2) is 19.4 Å². The van der Waals surface area contributed by atoms with Crippen molar-refractivity contribution >= 4 is 21.4 Å². The summed E-state index contributed by atoms with van der Waals surface area (Å²) >= 11 is 0. The standard InChI is InChI=1S/C12H18N4O4S/c13-14-11-7-6-10(8-12(11)16(17)18)21(19,20)15-9-4-2-1-3-5-9/h6-9,14-15H,1-5,13H2. The van der Waals surface area contributed by atoms with Crippen molar-refractivity contribution in [2.45, 2.75) is 43.0 Å². The molecule has 21 heavy (non-hydrogen) atoms. The Kier molecular flexibility index (Phi) is 4.76. The van der Waals surface area contributed by atoms with Gasteiger partial charge in [-0.1, -0.05) is 19.3 Å². The molecular formula is C12H18N4O4S. The molecule has 8 nitrogen and oxygen atoms in total. The van der Waals surface area contributed by atoms with Gasteiger partial charge in [-0.15, -0.1) is 0 Å². The Morgan fingerprint density at radius 3 is 2.48 bits per heavy atom. The molecule has 0 heterocycles. The molecule has 0 bridgehead atoms. The first-order valence-corrected chi connectivity index (χ1v) is 8.20. The van der Waals surface area contributed by atoms with Crippen molar-refractivity contribution in [1.29, 1.82) is 0 Å². The first kappa shape index (κ1) is 15.7. The maximum absolute atomic E-state index is 12.3. The molecule has 0 unspecified atom stereocenters. The van der Waals surface area contributed by atoms with Crippen molar-refractivity contribution in [3.8, 4) is 0 Å². The van der Waals surface area contributed by atoms with Crippen molar-refractivity contribution in [3.05, 3.63) is 28.3 Å². The van der Waals surface area contributed by atoms with Gasteiger partial charge in [0.15, 0.2) is 0 Å². The number of nitro groups is 1. The highest BCUT2D eigenvalue weighted by atomic mass is 32.2. The van der Waals surface area contributed by atoms with Crippen LogP contribution in [-0.2, 0) is 10.0 Å². The maximum atomic E-state index is 12.3. The lowest BCUT2D eigenvalue weighted by molar-refractivity contribution is -0.384. The SMILES string of the molecule is NNc1ccc(S(=O)(=O)NC2CCCCC2)cc1[N+](=O)[O-]. The molecule has 0 atom stereocenters. The Bertz CT molecular complexity index is 626. The van der Waals surface area contributed by atoms with Crippen LogP contribution in [0.15, 0.2) is 23.1 Å². The highest BCUT2D eigenvalue weighted by Crippen LogP contribution is 2.27. The van der Waals surface area contributed by atoms with E-state index < -0.39 is 14.9 Å².